The van der Waals surface area contributed by atoms with Crippen LogP contribution in [0.5, 0.6) is 0 Å². The Hall–Kier alpha value is -2.74. The Labute approximate surface area is 164 Å². The van der Waals surface area contributed by atoms with Crippen LogP contribution < -0.4 is 10.6 Å². The monoisotopic (exact) mass is 414 g/mol. The van der Waals surface area contributed by atoms with E-state index in [1.165, 1.54) is 37.4 Å². The Bertz CT molecular complexity index is 839. The highest BCUT2D eigenvalue weighted by molar-refractivity contribution is 6.30. The highest BCUT2D eigenvalue weighted by Crippen LogP contribution is 2.34. The summed E-state index contributed by atoms with van der Waals surface area (Å²) in [5, 5.41) is 5.84. The molecule has 9 heteroatoms. The second kappa shape index (κ2) is 9.45. The maximum absolute atomic E-state index is 13.0. The second-order valence-electron chi connectivity index (χ2n) is 5.83. The molecular weight excluding hydrogens is 397 g/mol. The van der Waals surface area contributed by atoms with Gasteiger partial charge in [-0.25, -0.2) is 0 Å². The Morgan fingerprint density at radius 1 is 1.07 bits per heavy atom. The fraction of sp³-hybridized carbons (Fsp3) is 0.263. The average molecular weight is 415 g/mol. The third kappa shape index (κ3) is 6.16. The largest absolute Gasteiger partial charge is 0.469 e. The third-order valence-corrected chi connectivity index (χ3v) is 4.05. The molecule has 2 aromatic rings. The highest BCUT2D eigenvalue weighted by atomic mass is 35.5. The number of carbonyl (C=O) groups is 2. The standard InChI is InChI=1S/C19H18ClF3N2O3/c1-28-17(26)3-2-10-24-15-9-6-13(19(21,22)23)11-16(15)25-18(27)12-4-7-14(20)8-5-12/h4-9,11,24H,2-3,10H2,1H3,(H,25,27). The number of hydrogen-bond donors (Lipinski definition) is 2. The number of esters is 1. The van der Waals surface area contributed by atoms with Crippen LogP contribution in [0.15, 0.2) is 42.5 Å². The fourth-order valence-electron chi connectivity index (χ4n) is 2.33. The van der Waals surface area contributed by atoms with Crippen molar-refractivity contribution in [1.29, 1.82) is 0 Å². The van der Waals surface area contributed by atoms with Gasteiger partial charge in [0.25, 0.3) is 5.91 Å². The Morgan fingerprint density at radius 3 is 2.36 bits per heavy atom. The van der Waals surface area contributed by atoms with Crippen molar-refractivity contribution in [3.8, 4) is 0 Å². The smallest absolute Gasteiger partial charge is 0.416 e. The summed E-state index contributed by atoms with van der Waals surface area (Å²) in [4.78, 5) is 23.5. The minimum absolute atomic E-state index is 0.0205. The molecule has 0 unspecified atom stereocenters. The first-order valence-electron chi connectivity index (χ1n) is 8.29. The molecule has 0 spiro atoms. The van der Waals surface area contributed by atoms with Gasteiger partial charge in [-0.1, -0.05) is 11.6 Å². The quantitative estimate of drug-likeness (QED) is 0.495. The number of alkyl halides is 3. The summed E-state index contributed by atoms with van der Waals surface area (Å²) in [7, 11) is 1.27. The van der Waals surface area contributed by atoms with E-state index < -0.39 is 17.6 Å². The van der Waals surface area contributed by atoms with Crippen molar-refractivity contribution in [2.75, 3.05) is 24.3 Å². The van der Waals surface area contributed by atoms with E-state index in [9.17, 15) is 22.8 Å². The summed E-state index contributed by atoms with van der Waals surface area (Å²) in [6, 6.07) is 8.96. The summed E-state index contributed by atoms with van der Waals surface area (Å²) in [5.41, 5.74) is -0.356. The van der Waals surface area contributed by atoms with E-state index in [0.29, 0.717) is 23.7 Å². The van der Waals surface area contributed by atoms with Crippen molar-refractivity contribution in [3.05, 3.63) is 58.6 Å². The van der Waals surface area contributed by atoms with E-state index in [4.69, 9.17) is 11.6 Å². The third-order valence-electron chi connectivity index (χ3n) is 3.80. The van der Waals surface area contributed by atoms with Gasteiger partial charge in [-0.3, -0.25) is 9.59 Å². The Balaban J connectivity index is 2.18. The van der Waals surface area contributed by atoms with Crippen LogP contribution in [0.2, 0.25) is 5.02 Å². The van der Waals surface area contributed by atoms with Crippen LogP contribution in [0.4, 0.5) is 24.5 Å². The molecule has 0 bridgehead atoms. The van der Waals surface area contributed by atoms with Crippen LogP contribution in [0.25, 0.3) is 0 Å². The second-order valence-corrected chi connectivity index (χ2v) is 6.26. The van der Waals surface area contributed by atoms with Gasteiger partial charge in [-0.15, -0.1) is 0 Å². The first-order chi connectivity index (χ1) is 13.2. The van der Waals surface area contributed by atoms with Crippen molar-refractivity contribution < 1.29 is 27.5 Å². The van der Waals surface area contributed by atoms with Gasteiger partial charge in [-0.05, 0) is 48.9 Å². The van der Waals surface area contributed by atoms with E-state index in [2.05, 4.69) is 15.4 Å². The maximum Gasteiger partial charge on any atom is 0.416 e. The number of nitrogens with one attached hydrogen (secondary N) is 2. The molecule has 0 atom stereocenters. The average Bonchev–Trinajstić information content (AvgIpc) is 2.65. The van der Waals surface area contributed by atoms with Crippen LogP contribution in [-0.2, 0) is 15.7 Å². The molecule has 1 amide bonds. The molecule has 0 aliphatic heterocycles. The van der Waals surface area contributed by atoms with E-state index in [-0.39, 0.29) is 23.6 Å². The van der Waals surface area contributed by atoms with Crippen LogP contribution >= 0.6 is 11.6 Å². The number of anilines is 2. The lowest BCUT2D eigenvalue weighted by Crippen LogP contribution is -2.16. The fourth-order valence-corrected chi connectivity index (χ4v) is 2.46. The number of methoxy groups -OCH3 is 1. The van der Waals surface area contributed by atoms with Crippen molar-refractivity contribution >= 4 is 34.9 Å². The zero-order valence-corrected chi connectivity index (χ0v) is 15.7. The van der Waals surface area contributed by atoms with E-state index in [1.807, 2.05) is 0 Å². The Morgan fingerprint density at radius 2 is 1.75 bits per heavy atom. The Kier molecular flexibility index (Phi) is 7.28. The normalized spacial score (nSPS) is 11.0. The number of ether oxygens (including phenoxy) is 1. The molecule has 150 valence electrons. The van der Waals surface area contributed by atoms with Gasteiger partial charge in [0.2, 0.25) is 0 Å². The molecule has 28 heavy (non-hydrogen) atoms. The van der Waals surface area contributed by atoms with Crippen LogP contribution in [0.3, 0.4) is 0 Å². The van der Waals surface area contributed by atoms with Gasteiger partial charge < -0.3 is 15.4 Å². The summed E-state index contributed by atoms with van der Waals surface area (Å²) >= 11 is 5.78. The number of hydrogen-bond acceptors (Lipinski definition) is 4. The van der Waals surface area contributed by atoms with Gasteiger partial charge in [-0.2, -0.15) is 13.2 Å². The van der Waals surface area contributed by atoms with Crippen molar-refractivity contribution in [2.45, 2.75) is 19.0 Å². The van der Waals surface area contributed by atoms with E-state index >= 15 is 0 Å². The molecule has 5 nitrogen and oxygen atoms in total. The molecule has 0 saturated heterocycles. The lowest BCUT2D eigenvalue weighted by molar-refractivity contribution is -0.140. The number of benzene rings is 2. The SMILES string of the molecule is COC(=O)CCCNc1ccc(C(F)(F)F)cc1NC(=O)c1ccc(Cl)cc1. The number of halogens is 4. The van der Waals surface area contributed by atoms with Crippen LogP contribution in [0.1, 0.15) is 28.8 Å². The molecule has 0 aliphatic rings. The van der Waals surface area contributed by atoms with Crippen molar-refractivity contribution in [3.63, 3.8) is 0 Å². The molecule has 0 aliphatic carbocycles. The summed E-state index contributed by atoms with van der Waals surface area (Å²) < 4.78 is 43.7. The molecule has 2 rings (SSSR count). The molecule has 0 saturated carbocycles. The lowest BCUT2D eigenvalue weighted by Gasteiger charge is -2.16. The molecule has 2 N–H and O–H groups in total. The predicted molar refractivity (Wildman–Crippen MR) is 101 cm³/mol. The number of rotatable bonds is 7. The van der Waals surface area contributed by atoms with E-state index in [0.717, 1.165) is 12.1 Å². The minimum Gasteiger partial charge on any atom is -0.469 e. The topological polar surface area (TPSA) is 67.4 Å². The lowest BCUT2D eigenvalue weighted by atomic mass is 10.1. The molecular formula is C19H18ClF3N2O3. The van der Waals surface area contributed by atoms with Gasteiger partial charge in [0.1, 0.15) is 0 Å². The molecule has 0 radical (unpaired) electrons. The minimum atomic E-state index is -4.55. The highest BCUT2D eigenvalue weighted by Gasteiger charge is 2.31. The number of amides is 1. The van der Waals surface area contributed by atoms with E-state index in [1.54, 1.807) is 0 Å². The summed E-state index contributed by atoms with van der Waals surface area (Å²) in [5.74, 6) is -0.959. The van der Waals surface area contributed by atoms with Gasteiger partial charge in [0.15, 0.2) is 0 Å². The van der Waals surface area contributed by atoms with Gasteiger partial charge in [0, 0.05) is 23.6 Å². The first-order valence-corrected chi connectivity index (χ1v) is 8.67. The summed E-state index contributed by atoms with van der Waals surface area (Å²) in [6.07, 6.45) is -3.97. The van der Waals surface area contributed by atoms with Crippen molar-refractivity contribution in [2.24, 2.45) is 0 Å². The molecule has 0 aromatic heterocycles. The molecule has 2 aromatic carbocycles. The summed E-state index contributed by atoms with van der Waals surface area (Å²) in [6.45, 7) is 0.310. The van der Waals surface area contributed by atoms with Crippen LogP contribution in [0, 0.1) is 0 Å². The first kappa shape index (κ1) is 21.6. The van der Waals surface area contributed by atoms with Crippen molar-refractivity contribution in [1.82, 2.24) is 0 Å². The number of carbonyl (C=O) groups excluding carboxylic acids is 2. The zero-order valence-electron chi connectivity index (χ0n) is 14.9. The predicted octanol–water partition coefficient (Wildman–Crippen LogP) is 4.98. The van der Waals surface area contributed by atoms with Crippen LogP contribution in [-0.4, -0.2) is 25.5 Å². The maximum atomic E-state index is 13.0. The zero-order chi connectivity index (χ0) is 20.7. The van der Waals surface area contributed by atoms with Gasteiger partial charge in [0.05, 0.1) is 24.0 Å². The molecule has 0 fully saturated rings. The molecule has 0 heterocycles. The van der Waals surface area contributed by atoms with Gasteiger partial charge >= 0.3 is 12.1 Å².